The standard InChI is InChI=1S/C14H24N2O/c1-14(2,3)8-5-9-17-13-7-6-12(10-15-4)16-11-13/h6-7,11,15H,5,8-10H2,1-4H3. The second kappa shape index (κ2) is 6.60. The van der Waals surface area contributed by atoms with E-state index in [0.29, 0.717) is 5.41 Å². The Morgan fingerprint density at radius 3 is 2.59 bits per heavy atom. The third-order valence-corrected chi connectivity index (χ3v) is 2.50. The van der Waals surface area contributed by atoms with Crippen molar-refractivity contribution in [2.24, 2.45) is 5.41 Å². The van der Waals surface area contributed by atoms with Crippen LogP contribution in [0.25, 0.3) is 0 Å². The highest BCUT2D eigenvalue weighted by atomic mass is 16.5. The Morgan fingerprint density at radius 2 is 2.06 bits per heavy atom. The predicted molar refractivity (Wildman–Crippen MR) is 71.2 cm³/mol. The number of rotatable bonds is 6. The van der Waals surface area contributed by atoms with Crippen molar-refractivity contribution in [3.05, 3.63) is 24.0 Å². The van der Waals surface area contributed by atoms with Gasteiger partial charge in [0.05, 0.1) is 18.5 Å². The van der Waals surface area contributed by atoms with E-state index in [-0.39, 0.29) is 0 Å². The normalized spacial score (nSPS) is 11.5. The van der Waals surface area contributed by atoms with E-state index in [0.717, 1.165) is 31.0 Å². The number of hydrogen-bond acceptors (Lipinski definition) is 3. The predicted octanol–water partition coefficient (Wildman–Crippen LogP) is 3.01. The molecule has 0 fully saturated rings. The number of nitrogens with zero attached hydrogens (tertiary/aromatic N) is 1. The van der Waals surface area contributed by atoms with Crippen molar-refractivity contribution < 1.29 is 4.74 Å². The van der Waals surface area contributed by atoms with E-state index in [9.17, 15) is 0 Å². The smallest absolute Gasteiger partial charge is 0.137 e. The van der Waals surface area contributed by atoms with E-state index in [1.165, 1.54) is 6.42 Å². The zero-order chi connectivity index (χ0) is 12.7. The molecule has 0 saturated heterocycles. The van der Waals surface area contributed by atoms with Gasteiger partial charge in [-0.15, -0.1) is 0 Å². The molecule has 1 N–H and O–H groups in total. The monoisotopic (exact) mass is 236 g/mol. The Balaban J connectivity index is 2.27. The van der Waals surface area contributed by atoms with E-state index in [1.807, 2.05) is 19.2 Å². The maximum atomic E-state index is 5.65. The maximum Gasteiger partial charge on any atom is 0.137 e. The van der Waals surface area contributed by atoms with Gasteiger partial charge >= 0.3 is 0 Å². The van der Waals surface area contributed by atoms with Gasteiger partial charge in [0, 0.05) is 6.54 Å². The van der Waals surface area contributed by atoms with E-state index < -0.39 is 0 Å². The van der Waals surface area contributed by atoms with Crippen LogP contribution in [-0.2, 0) is 6.54 Å². The number of ether oxygens (including phenoxy) is 1. The highest BCUT2D eigenvalue weighted by Gasteiger charge is 2.09. The molecule has 1 heterocycles. The Hall–Kier alpha value is -1.09. The summed E-state index contributed by atoms with van der Waals surface area (Å²) in [6, 6.07) is 3.98. The Labute approximate surface area is 105 Å². The van der Waals surface area contributed by atoms with Crippen molar-refractivity contribution >= 4 is 0 Å². The van der Waals surface area contributed by atoms with E-state index in [4.69, 9.17) is 4.74 Å². The Morgan fingerprint density at radius 1 is 1.29 bits per heavy atom. The molecule has 0 aliphatic rings. The van der Waals surface area contributed by atoms with Gasteiger partial charge in [-0.2, -0.15) is 0 Å². The average molecular weight is 236 g/mol. The molecule has 0 amide bonds. The zero-order valence-electron chi connectivity index (χ0n) is 11.4. The summed E-state index contributed by atoms with van der Waals surface area (Å²) in [7, 11) is 1.92. The van der Waals surface area contributed by atoms with Crippen LogP contribution in [0.5, 0.6) is 5.75 Å². The molecule has 0 aliphatic heterocycles. The first kappa shape index (κ1) is 14.0. The second-order valence-corrected chi connectivity index (χ2v) is 5.53. The van der Waals surface area contributed by atoms with Crippen LogP contribution in [0.2, 0.25) is 0 Å². The molecule has 0 aromatic carbocycles. The minimum absolute atomic E-state index is 0.387. The lowest BCUT2D eigenvalue weighted by molar-refractivity contribution is 0.268. The topological polar surface area (TPSA) is 34.1 Å². The first-order chi connectivity index (χ1) is 8.01. The molecule has 0 saturated carbocycles. The molecule has 3 heteroatoms. The van der Waals surface area contributed by atoms with Crippen LogP contribution in [0, 0.1) is 5.41 Å². The largest absolute Gasteiger partial charge is 0.492 e. The molecule has 0 radical (unpaired) electrons. The fourth-order valence-electron chi connectivity index (χ4n) is 1.57. The highest BCUT2D eigenvalue weighted by molar-refractivity contribution is 5.19. The Bertz CT molecular complexity index is 314. The first-order valence-electron chi connectivity index (χ1n) is 6.23. The number of aromatic nitrogens is 1. The van der Waals surface area contributed by atoms with Gasteiger partial charge in [0.25, 0.3) is 0 Å². The van der Waals surface area contributed by atoms with Crippen molar-refractivity contribution in [3.63, 3.8) is 0 Å². The highest BCUT2D eigenvalue weighted by Crippen LogP contribution is 2.20. The van der Waals surface area contributed by atoms with E-state index >= 15 is 0 Å². The molecule has 1 rings (SSSR count). The van der Waals surface area contributed by atoms with Gasteiger partial charge in [-0.05, 0) is 37.4 Å². The van der Waals surface area contributed by atoms with Crippen LogP contribution in [0.1, 0.15) is 39.3 Å². The molecule has 1 aromatic rings. The summed E-state index contributed by atoms with van der Waals surface area (Å²) < 4.78 is 5.65. The molecule has 1 aromatic heterocycles. The summed E-state index contributed by atoms with van der Waals surface area (Å²) >= 11 is 0. The molecular weight excluding hydrogens is 212 g/mol. The molecular formula is C14H24N2O. The number of nitrogens with one attached hydrogen (secondary N) is 1. The van der Waals surface area contributed by atoms with Gasteiger partial charge in [0.2, 0.25) is 0 Å². The van der Waals surface area contributed by atoms with Crippen molar-refractivity contribution in [1.29, 1.82) is 0 Å². The van der Waals surface area contributed by atoms with E-state index in [1.54, 1.807) is 6.20 Å². The van der Waals surface area contributed by atoms with Crippen molar-refractivity contribution in [2.45, 2.75) is 40.2 Å². The van der Waals surface area contributed by atoms with Gasteiger partial charge < -0.3 is 10.1 Å². The molecule has 0 spiro atoms. The Kier molecular flexibility index (Phi) is 5.42. The van der Waals surface area contributed by atoms with E-state index in [2.05, 4.69) is 31.1 Å². The van der Waals surface area contributed by atoms with Crippen LogP contribution < -0.4 is 10.1 Å². The summed E-state index contributed by atoms with van der Waals surface area (Å²) in [6.07, 6.45) is 4.06. The van der Waals surface area contributed by atoms with Gasteiger partial charge in [-0.3, -0.25) is 4.98 Å². The minimum atomic E-state index is 0.387. The third-order valence-electron chi connectivity index (χ3n) is 2.50. The van der Waals surface area contributed by atoms with Crippen LogP contribution in [0.4, 0.5) is 0 Å². The van der Waals surface area contributed by atoms with Gasteiger partial charge in [-0.25, -0.2) is 0 Å². The summed E-state index contributed by atoms with van der Waals surface area (Å²) in [5, 5.41) is 3.07. The minimum Gasteiger partial charge on any atom is -0.492 e. The molecule has 0 atom stereocenters. The summed E-state index contributed by atoms with van der Waals surface area (Å²) in [5.74, 6) is 0.860. The molecule has 0 bridgehead atoms. The fourth-order valence-corrected chi connectivity index (χ4v) is 1.57. The number of pyridine rings is 1. The van der Waals surface area contributed by atoms with Crippen LogP contribution in [0.3, 0.4) is 0 Å². The SMILES string of the molecule is CNCc1ccc(OCCCC(C)(C)C)cn1. The maximum absolute atomic E-state index is 5.65. The molecule has 96 valence electrons. The lowest BCUT2D eigenvalue weighted by Crippen LogP contribution is -2.08. The quantitative estimate of drug-likeness (QED) is 0.771. The van der Waals surface area contributed by atoms with Crippen LogP contribution in [-0.4, -0.2) is 18.6 Å². The fraction of sp³-hybridized carbons (Fsp3) is 0.643. The molecule has 0 unspecified atom stereocenters. The summed E-state index contributed by atoms with van der Waals surface area (Å²) in [4.78, 5) is 4.31. The zero-order valence-corrected chi connectivity index (χ0v) is 11.4. The van der Waals surface area contributed by atoms with Crippen molar-refractivity contribution in [2.75, 3.05) is 13.7 Å². The summed E-state index contributed by atoms with van der Waals surface area (Å²) in [6.45, 7) is 8.32. The molecule has 17 heavy (non-hydrogen) atoms. The molecule has 3 nitrogen and oxygen atoms in total. The molecule has 0 aliphatic carbocycles. The summed E-state index contributed by atoms with van der Waals surface area (Å²) in [5.41, 5.74) is 1.42. The first-order valence-corrected chi connectivity index (χ1v) is 6.23. The van der Waals surface area contributed by atoms with Crippen molar-refractivity contribution in [3.8, 4) is 5.75 Å². The second-order valence-electron chi connectivity index (χ2n) is 5.53. The van der Waals surface area contributed by atoms with Gasteiger partial charge in [-0.1, -0.05) is 20.8 Å². The lowest BCUT2D eigenvalue weighted by Gasteiger charge is -2.17. The number of hydrogen-bond donors (Lipinski definition) is 1. The third kappa shape index (κ3) is 6.27. The van der Waals surface area contributed by atoms with Crippen LogP contribution >= 0.6 is 0 Å². The average Bonchev–Trinajstić information content (AvgIpc) is 2.26. The van der Waals surface area contributed by atoms with Crippen molar-refractivity contribution in [1.82, 2.24) is 10.3 Å². The van der Waals surface area contributed by atoms with Crippen LogP contribution in [0.15, 0.2) is 18.3 Å². The van der Waals surface area contributed by atoms with Gasteiger partial charge in [0.1, 0.15) is 5.75 Å². The van der Waals surface area contributed by atoms with Gasteiger partial charge in [0.15, 0.2) is 0 Å². The lowest BCUT2D eigenvalue weighted by atomic mass is 9.91.